The Morgan fingerprint density at radius 1 is 1.27 bits per heavy atom. The maximum atomic E-state index is 13.3. The van der Waals surface area contributed by atoms with Gasteiger partial charge in [-0.05, 0) is 19.1 Å². The van der Waals surface area contributed by atoms with Crippen LogP contribution < -0.4 is 20.9 Å². The molecular formula is C23H25N9O5. The van der Waals surface area contributed by atoms with Gasteiger partial charge in [0.15, 0.2) is 34.7 Å². The molecule has 0 bridgehead atoms. The van der Waals surface area contributed by atoms with Crippen LogP contribution in [-0.4, -0.2) is 80.8 Å². The molecule has 1 aliphatic heterocycles. The molecule has 0 spiro atoms. The molecule has 5 rings (SSSR count). The molecule has 1 aromatic carbocycles. The second-order valence-electron chi connectivity index (χ2n) is 8.85. The van der Waals surface area contributed by atoms with Gasteiger partial charge in [0.05, 0.1) is 18.5 Å². The largest absolute Gasteiger partial charge is 0.380 e. The number of anilines is 4. The van der Waals surface area contributed by atoms with E-state index >= 15 is 0 Å². The number of hydrogen-bond donors (Lipinski definition) is 3. The van der Waals surface area contributed by atoms with E-state index in [9.17, 15) is 14.7 Å². The summed E-state index contributed by atoms with van der Waals surface area (Å²) in [5, 5.41) is 22.4. The number of aliphatic hydroxyl groups is 1. The summed E-state index contributed by atoms with van der Waals surface area (Å²) < 4.78 is 12.2. The number of rotatable bonds is 6. The molecular weight excluding hydrogens is 482 g/mol. The number of ether oxygens (including phenoxy) is 1. The first-order chi connectivity index (χ1) is 17.6. The average Bonchev–Trinajstić information content (AvgIpc) is 3.51. The van der Waals surface area contributed by atoms with Crippen molar-refractivity contribution in [3.63, 3.8) is 0 Å². The zero-order chi connectivity index (χ0) is 26.3. The Hall–Kier alpha value is -4.56. The van der Waals surface area contributed by atoms with Gasteiger partial charge in [0, 0.05) is 50.4 Å². The summed E-state index contributed by atoms with van der Waals surface area (Å²) in [7, 11) is 3.65. The third kappa shape index (κ3) is 4.43. The van der Waals surface area contributed by atoms with Gasteiger partial charge in [-0.25, -0.2) is 9.67 Å². The molecule has 1 unspecified atom stereocenters. The van der Waals surface area contributed by atoms with Crippen LogP contribution in [0.15, 0.2) is 47.2 Å². The molecule has 1 saturated heterocycles. The van der Waals surface area contributed by atoms with Crippen molar-refractivity contribution < 1.29 is 24.0 Å². The number of nitrogens with two attached hydrogens (primary N) is 1. The Morgan fingerprint density at radius 3 is 2.86 bits per heavy atom. The van der Waals surface area contributed by atoms with Gasteiger partial charge in [0.1, 0.15) is 0 Å². The van der Waals surface area contributed by atoms with Crippen molar-refractivity contribution in [2.75, 3.05) is 48.1 Å². The molecule has 192 valence electrons. The van der Waals surface area contributed by atoms with Crippen molar-refractivity contribution in [3.8, 4) is 5.82 Å². The zero-order valence-electron chi connectivity index (χ0n) is 20.3. The zero-order valence-corrected chi connectivity index (χ0v) is 20.3. The van der Waals surface area contributed by atoms with Gasteiger partial charge in [0.2, 0.25) is 5.95 Å². The number of fused-ring (bicyclic) bond motifs is 1. The predicted octanol–water partition coefficient (Wildman–Crippen LogP) is 0.573. The van der Waals surface area contributed by atoms with Crippen molar-refractivity contribution in [1.29, 1.82) is 0 Å². The fourth-order valence-electron chi connectivity index (χ4n) is 3.89. The topological polar surface area (TPSA) is 178 Å². The van der Waals surface area contributed by atoms with Crippen LogP contribution in [0.5, 0.6) is 0 Å². The Bertz CT molecular complexity index is 1480. The summed E-state index contributed by atoms with van der Waals surface area (Å²) in [6, 6.07) is 8.06. The highest BCUT2D eigenvalue weighted by Crippen LogP contribution is 2.27. The van der Waals surface area contributed by atoms with Crippen molar-refractivity contribution in [1.82, 2.24) is 24.9 Å². The summed E-state index contributed by atoms with van der Waals surface area (Å²) in [4.78, 5) is 38.1. The Balaban J connectivity index is 1.33. The lowest BCUT2D eigenvalue weighted by Gasteiger charge is -2.37. The fraction of sp³-hybridized carbons (Fsp3) is 0.304. The molecule has 4 heterocycles. The number of nitrogen functional groups attached to an aromatic ring is 1. The van der Waals surface area contributed by atoms with Gasteiger partial charge in [0.25, 0.3) is 11.8 Å². The highest BCUT2D eigenvalue weighted by molar-refractivity contribution is 6.06. The van der Waals surface area contributed by atoms with Crippen LogP contribution in [0.4, 0.5) is 23.3 Å². The number of morpholine rings is 1. The van der Waals surface area contributed by atoms with Crippen molar-refractivity contribution >= 4 is 46.1 Å². The third-order valence-electron chi connectivity index (χ3n) is 5.93. The summed E-state index contributed by atoms with van der Waals surface area (Å²) in [6.07, 6.45) is 1.81. The summed E-state index contributed by atoms with van der Waals surface area (Å²) in [5.41, 5.74) is 4.22. The molecule has 0 saturated carbocycles. The van der Waals surface area contributed by atoms with Crippen LogP contribution in [0.3, 0.4) is 0 Å². The molecule has 0 aliphatic carbocycles. The molecule has 0 radical (unpaired) electrons. The lowest BCUT2D eigenvalue weighted by atomic mass is 9.95. The Morgan fingerprint density at radius 2 is 2.08 bits per heavy atom. The van der Waals surface area contributed by atoms with E-state index in [1.165, 1.54) is 22.6 Å². The summed E-state index contributed by atoms with van der Waals surface area (Å²) >= 11 is 0. The number of benzene rings is 1. The first-order valence-corrected chi connectivity index (χ1v) is 11.3. The van der Waals surface area contributed by atoms with E-state index in [1.54, 1.807) is 41.6 Å². The number of amides is 2. The fourth-order valence-corrected chi connectivity index (χ4v) is 3.89. The van der Waals surface area contributed by atoms with Crippen molar-refractivity contribution in [2.24, 2.45) is 0 Å². The molecule has 4 N–H and O–H groups in total. The average molecular weight is 508 g/mol. The van der Waals surface area contributed by atoms with Crippen LogP contribution in [0.25, 0.3) is 16.8 Å². The molecule has 3 aromatic heterocycles. The quantitative estimate of drug-likeness (QED) is 0.332. The molecule has 14 nitrogen and oxygen atoms in total. The molecule has 1 aliphatic rings. The highest BCUT2D eigenvalue weighted by atomic mass is 16.5. The van der Waals surface area contributed by atoms with E-state index in [0.29, 0.717) is 34.2 Å². The molecule has 4 aromatic rings. The van der Waals surface area contributed by atoms with E-state index in [2.05, 4.69) is 25.5 Å². The Kier molecular flexibility index (Phi) is 5.97. The summed E-state index contributed by atoms with van der Waals surface area (Å²) in [5.74, 6) is 0.132. The monoisotopic (exact) mass is 507 g/mol. The van der Waals surface area contributed by atoms with E-state index in [4.69, 9.17) is 15.0 Å². The number of carbonyl (C=O) groups excluding carboxylic acids is 2. The number of nitrogens with zero attached hydrogens (tertiary/aromatic N) is 7. The minimum atomic E-state index is -2.19. The highest BCUT2D eigenvalue weighted by Gasteiger charge is 2.49. The number of hydrogen-bond acceptors (Lipinski definition) is 11. The summed E-state index contributed by atoms with van der Waals surface area (Å²) in [6.45, 7) is 1.51. The number of nitrogens with one attached hydrogen (secondary N) is 1. The normalized spacial score (nSPS) is 17.6. The lowest BCUT2D eigenvalue weighted by molar-refractivity contribution is -0.165. The van der Waals surface area contributed by atoms with E-state index in [1.807, 2.05) is 14.1 Å². The van der Waals surface area contributed by atoms with Gasteiger partial charge in [-0.3, -0.25) is 14.5 Å². The van der Waals surface area contributed by atoms with Crippen LogP contribution in [-0.2, 0) is 14.3 Å². The van der Waals surface area contributed by atoms with Crippen molar-refractivity contribution in [2.45, 2.75) is 18.6 Å². The molecule has 37 heavy (non-hydrogen) atoms. The molecule has 2 atom stereocenters. The standard InChI is InChI=1S/C23H25N9O5/c1-23(35,21(34)26-13-4-5-14-15(12-13)37-29-19(14)24)18-20(33)31(10-11-36-18)17-7-9-32(28-17)16-6-8-25-22(27-16)30(2)3/h4-9,12,18,35H,10-11H2,1-3H3,(H2,24,29)(H,26,34)/t18-,23?/m0/s1. The SMILES string of the molecule is CN(C)c1nccc(-n2ccc(N3CCO[C@H](C(C)(O)C(=O)Nc4ccc5c(N)noc5c4)C3=O)n2)n1. The maximum Gasteiger partial charge on any atom is 0.260 e. The smallest absolute Gasteiger partial charge is 0.260 e. The van der Waals surface area contributed by atoms with Crippen LogP contribution in [0, 0.1) is 0 Å². The van der Waals surface area contributed by atoms with Crippen LogP contribution in [0.1, 0.15) is 6.92 Å². The second kappa shape index (κ2) is 9.15. The van der Waals surface area contributed by atoms with E-state index < -0.39 is 23.5 Å². The predicted molar refractivity (Wildman–Crippen MR) is 133 cm³/mol. The van der Waals surface area contributed by atoms with Crippen molar-refractivity contribution in [3.05, 3.63) is 42.7 Å². The van der Waals surface area contributed by atoms with E-state index in [0.717, 1.165) is 0 Å². The van der Waals surface area contributed by atoms with E-state index in [-0.39, 0.29) is 19.0 Å². The second-order valence-corrected chi connectivity index (χ2v) is 8.85. The minimum Gasteiger partial charge on any atom is -0.380 e. The van der Waals surface area contributed by atoms with Gasteiger partial charge in [-0.15, -0.1) is 5.10 Å². The molecule has 14 heteroatoms. The maximum absolute atomic E-state index is 13.3. The number of aromatic nitrogens is 5. The van der Waals surface area contributed by atoms with Gasteiger partial charge in [-0.2, -0.15) is 4.98 Å². The first-order valence-electron chi connectivity index (χ1n) is 11.3. The van der Waals surface area contributed by atoms with Gasteiger partial charge < -0.3 is 30.3 Å². The van der Waals surface area contributed by atoms with Crippen LogP contribution >= 0.6 is 0 Å². The van der Waals surface area contributed by atoms with Crippen LogP contribution in [0.2, 0.25) is 0 Å². The first kappa shape index (κ1) is 24.1. The number of carbonyl (C=O) groups is 2. The molecule has 1 fully saturated rings. The Labute approximate surface area is 210 Å². The third-order valence-corrected chi connectivity index (χ3v) is 5.93. The van der Waals surface area contributed by atoms with Gasteiger partial charge in [-0.1, -0.05) is 5.16 Å². The molecule has 2 amide bonds. The lowest BCUT2D eigenvalue weighted by Crippen LogP contribution is -2.61. The minimum absolute atomic E-state index is 0.0915. The van der Waals surface area contributed by atoms with Gasteiger partial charge >= 0.3 is 0 Å².